The zero-order valence-electron chi connectivity index (χ0n) is 23.3. The maximum Gasteiger partial charge on any atom is 0.416 e. The minimum atomic E-state index is -4.58. The third-order valence-electron chi connectivity index (χ3n) is 6.84. The van der Waals surface area contributed by atoms with E-state index in [2.05, 4.69) is 5.10 Å². The van der Waals surface area contributed by atoms with E-state index in [1.165, 1.54) is 34.0 Å². The Kier molecular flexibility index (Phi) is 8.07. The van der Waals surface area contributed by atoms with E-state index in [1.54, 1.807) is 39.0 Å². The summed E-state index contributed by atoms with van der Waals surface area (Å²) in [4.78, 5) is 53.6. The summed E-state index contributed by atoms with van der Waals surface area (Å²) in [6, 6.07) is 7.61. The number of likely N-dealkylation sites (tertiary alicyclic amines) is 1. The van der Waals surface area contributed by atoms with E-state index in [-0.39, 0.29) is 41.5 Å². The predicted octanol–water partition coefficient (Wildman–Crippen LogP) is 6.37. The average molecular weight is 635 g/mol. The van der Waals surface area contributed by atoms with Crippen LogP contribution in [0.4, 0.5) is 22.8 Å². The molecule has 0 bridgehead atoms. The van der Waals surface area contributed by atoms with Gasteiger partial charge in [-0.15, -0.1) is 0 Å². The molecule has 14 heteroatoms. The number of rotatable bonds is 4. The molecule has 1 atom stereocenters. The largest absolute Gasteiger partial charge is 0.444 e. The van der Waals surface area contributed by atoms with Crippen molar-refractivity contribution in [2.24, 2.45) is 0 Å². The number of hydrogen-bond acceptors (Lipinski definition) is 7. The molecule has 1 aromatic heterocycles. The van der Waals surface area contributed by atoms with Gasteiger partial charge in [0.05, 0.1) is 35.3 Å². The molecule has 2 fully saturated rings. The van der Waals surface area contributed by atoms with E-state index >= 15 is 0 Å². The second-order valence-electron chi connectivity index (χ2n) is 11.1. The van der Waals surface area contributed by atoms with Gasteiger partial charge in [0.25, 0.3) is 11.1 Å². The molecule has 3 amide bonds. The first-order chi connectivity index (χ1) is 20.1. The molecule has 2 saturated heterocycles. The number of ether oxygens (including phenoxy) is 1. The van der Waals surface area contributed by atoms with Gasteiger partial charge in [-0.05, 0) is 80.4 Å². The molecule has 226 valence electrons. The SMILES string of the molecule is CC(C)(C)OC(=O)N1CCC(N2C(=O)SC(=Cc3ccc4c(cnn4Cc4ccc(Cl)cc4C(F)(F)F)c3)C2=O)C(=O)C1. The lowest BCUT2D eigenvalue weighted by Gasteiger charge is -2.34. The number of carbonyl (C=O) groups excluding carboxylic acids is 4. The lowest BCUT2D eigenvalue weighted by Crippen LogP contribution is -2.54. The van der Waals surface area contributed by atoms with Gasteiger partial charge in [-0.1, -0.05) is 23.7 Å². The second-order valence-corrected chi connectivity index (χ2v) is 12.6. The van der Waals surface area contributed by atoms with Crippen LogP contribution in [0.5, 0.6) is 0 Å². The van der Waals surface area contributed by atoms with Gasteiger partial charge in [0.1, 0.15) is 11.6 Å². The standard InChI is InChI=1S/C29H26ClF3N4O5S/c1-28(2,3)42-26(40)35-9-8-22(23(38)15-35)37-25(39)24(43-27(37)41)11-16-4-7-21-18(10-16)13-34-36(21)14-17-5-6-19(30)12-20(17)29(31,32)33/h4-7,10-13,22H,8-9,14-15H2,1-3H3. The van der Waals surface area contributed by atoms with Crippen molar-refractivity contribution < 1.29 is 37.1 Å². The first-order valence-electron chi connectivity index (χ1n) is 13.2. The zero-order chi connectivity index (χ0) is 31.3. The van der Waals surface area contributed by atoms with E-state index in [4.69, 9.17) is 16.3 Å². The van der Waals surface area contributed by atoms with Gasteiger partial charge in [0, 0.05) is 17.0 Å². The number of benzene rings is 2. The topological polar surface area (TPSA) is 102 Å². The summed E-state index contributed by atoms with van der Waals surface area (Å²) in [5, 5.41) is 4.25. The first-order valence-corrected chi connectivity index (χ1v) is 14.4. The van der Waals surface area contributed by atoms with Crippen molar-refractivity contribution in [3.05, 3.63) is 69.2 Å². The lowest BCUT2D eigenvalue weighted by molar-refractivity contribution is -0.138. The van der Waals surface area contributed by atoms with Crippen LogP contribution in [0.2, 0.25) is 5.02 Å². The Hall–Kier alpha value is -3.84. The maximum absolute atomic E-state index is 13.6. The number of nitrogens with zero attached hydrogens (tertiary/aromatic N) is 4. The number of amides is 3. The minimum Gasteiger partial charge on any atom is -0.444 e. The highest BCUT2D eigenvalue weighted by Crippen LogP contribution is 2.37. The number of hydrogen-bond donors (Lipinski definition) is 0. The van der Waals surface area contributed by atoms with E-state index in [0.29, 0.717) is 28.2 Å². The number of fused-ring (bicyclic) bond motifs is 1. The molecule has 0 saturated carbocycles. The van der Waals surface area contributed by atoms with Crippen LogP contribution >= 0.6 is 23.4 Å². The summed E-state index contributed by atoms with van der Waals surface area (Å²) in [6.45, 7) is 4.86. The smallest absolute Gasteiger partial charge is 0.416 e. The molecule has 2 aliphatic rings. The van der Waals surface area contributed by atoms with E-state index in [9.17, 15) is 32.3 Å². The molecule has 3 aromatic rings. The van der Waals surface area contributed by atoms with Crippen LogP contribution in [-0.4, -0.2) is 67.3 Å². The maximum atomic E-state index is 13.6. The van der Waals surface area contributed by atoms with Crippen LogP contribution in [-0.2, 0) is 27.0 Å². The fraction of sp³-hybridized carbons (Fsp3) is 0.345. The third-order valence-corrected chi connectivity index (χ3v) is 7.96. The van der Waals surface area contributed by atoms with Gasteiger partial charge in [-0.3, -0.25) is 24.0 Å². The highest BCUT2D eigenvalue weighted by molar-refractivity contribution is 8.18. The Morgan fingerprint density at radius 3 is 2.56 bits per heavy atom. The van der Waals surface area contributed by atoms with Crippen molar-refractivity contribution in [3.63, 3.8) is 0 Å². The van der Waals surface area contributed by atoms with Gasteiger partial charge >= 0.3 is 12.3 Å². The highest BCUT2D eigenvalue weighted by atomic mass is 35.5. The van der Waals surface area contributed by atoms with Crippen LogP contribution in [0.3, 0.4) is 0 Å². The Morgan fingerprint density at radius 1 is 1.14 bits per heavy atom. The first kappa shape index (κ1) is 30.6. The van der Waals surface area contributed by atoms with E-state index in [0.717, 1.165) is 11.0 Å². The molecule has 2 aliphatic heterocycles. The molecular weight excluding hydrogens is 609 g/mol. The number of imide groups is 1. The molecule has 43 heavy (non-hydrogen) atoms. The lowest BCUT2D eigenvalue weighted by atomic mass is 10.0. The Labute approximate surface area is 253 Å². The number of carbonyl (C=O) groups is 4. The van der Waals surface area contributed by atoms with Crippen LogP contribution in [0.25, 0.3) is 17.0 Å². The Bertz CT molecular complexity index is 1680. The van der Waals surface area contributed by atoms with Crippen LogP contribution in [0.1, 0.15) is 43.9 Å². The molecule has 0 N–H and O–H groups in total. The molecule has 9 nitrogen and oxygen atoms in total. The fourth-order valence-corrected chi connectivity index (χ4v) is 5.95. The number of ketones is 1. The van der Waals surface area contributed by atoms with Crippen molar-refractivity contribution in [1.82, 2.24) is 19.6 Å². The Morgan fingerprint density at radius 2 is 1.88 bits per heavy atom. The predicted molar refractivity (Wildman–Crippen MR) is 154 cm³/mol. The van der Waals surface area contributed by atoms with Crippen molar-refractivity contribution in [1.29, 1.82) is 0 Å². The van der Waals surface area contributed by atoms with Gasteiger partial charge in [0.15, 0.2) is 5.78 Å². The quantitative estimate of drug-likeness (QED) is 0.307. The number of alkyl halides is 3. The Balaban J connectivity index is 1.31. The minimum absolute atomic E-state index is 0.00567. The van der Waals surface area contributed by atoms with Gasteiger partial charge in [-0.2, -0.15) is 18.3 Å². The van der Waals surface area contributed by atoms with Crippen molar-refractivity contribution in [3.8, 4) is 0 Å². The number of halogens is 4. The van der Waals surface area contributed by atoms with E-state index in [1.807, 2.05) is 0 Å². The number of piperidine rings is 1. The van der Waals surface area contributed by atoms with Crippen molar-refractivity contribution in [2.75, 3.05) is 13.1 Å². The molecule has 0 radical (unpaired) electrons. The summed E-state index contributed by atoms with van der Waals surface area (Å²) in [5.74, 6) is -1.05. The monoisotopic (exact) mass is 634 g/mol. The summed E-state index contributed by atoms with van der Waals surface area (Å²) < 4.78 is 47.4. The average Bonchev–Trinajstić information content (AvgIpc) is 3.42. The zero-order valence-corrected chi connectivity index (χ0v) is 24.8. The number of thioether (sulfide) groups is 1. The van der Waals surface area contributed by atoms with Crippen LogP contribution < -0.4 is 0 Å². The molecule has 0 aliphatic carbocycles. The number of aromatic nitrogens is 2. The molecule has 2 aromatic carbocycles. The molecule has 5 rings (SSSR count). The summed E-state index contributed by atoms with van der Waals surface area (Å²) in [7, 11) is 0. The van der Waals surface area contributed by atoms with Crippen LogP contribution in [0.15, 0.2) is 47.5 Å². The third kappa shape index (κ3) is 6.57. The number of Topliss-reactive ketones (excluding diaryl/α,β-unsaturated/α-hetero) is 1. The van der Waals surface area contributed by atoms with Gasteiger partial charge < -0.3 is 9.64 Å². The fourth-order valence-electron chi connectivity index (χ4n) is 4.90. The van der Waals surface area contributed by atoms with Gasteiger partial charge in [0.2, 0.25) is 0 Å². The molecular formula is C29H26ClF3N4O5S. The summed E-state index contributed by atoms with van der Waals surface area (Å²) >= 11 is 6.50. The molecule has 0 spiro atoms. The molecule has 3 heterocycles. The summed E-state index contributed by atoms with van der Waals surface area (Å²) in [5.41, 5.74) is -0.443. The molecule has 1 unspecified atom stereocenters. The van der Waals surface area contributed by atoms with Crippen molar-refractivity contribution >= 4 is 63.4 Å². The van der Waals surface area contributed by atoms with Gasteiger partial charge in [-0.25, -0.2) is 4.79 Å². The highest BCUT2D eigenvalue weighted by Gasteiger charge is 2.45. The van der Waals surface area contributed by atoms with Crippen molar-refractivity contribution in [2.45, 2.75) is 51.6 Å². The normalized spacial score (nSPS) is 19.2. The second kappa shape index (κ2) is 11.3. The van der Waals surface area contributed by atoms with E-state index < -0.39 is 46.4 Å². The summed E-state index contributed by atoms with van der Waals surface area (Å²) in [6.07, 6.45) is -2.11. The van der Waals surface area contributed by atoms with Crippen LogP contribution in [0, 0.1) is 0 Å².